The summed E-state index contributed by atoms with van der Waals surface area (Å²) in [6.45, 7) is 18.9. The Labute approximate surface area is 173 Å². The van der Waals surface area contributed by atoms with Crippen LogP contribution >= 0.6 is 0 Å². The Bertz CT molecular complexity index is 705. The van der Waals surface area contributed by atoms with E-state index in [2.05, 4.69) is 75.9 Å². The van der Waals surface area contributed by atoms with Crippen LogP contribution in [-0.2, 0) is 5.41 Å². The smallest absolute Gasteiger partial charge is 0.0544 e. The Balaban J connectivity index is 3.51. The molecule has 28 heavy (non-hydrogen) atoms. The predicted octanol–water partition coefficient (Wildman–Crippen LogP) is 7.91. The van der Waals surface area contributed by atoms with Crippen LogP contribution in [0.4, 0.5) is 0 Å². The second-order valence-corrected chi connectivity index (χ2v) is 7.25. The minimum absolute atomic E-state index is 0.374. The third-order valence-electron chi connectivity index (χ3n) is 5.15. The van der Waals surface area contributed by atoms with E-state index in [0.717, 1.165) is 30.5 Å². The number of unbranched alkanes of at least 4 members (excludes halogenated alkanes) is 1. The van der Waals surface area contributed by atoms with Gasteiger partial charge in [-0.1, -0.05) is 95.4 Å². The van der Waals surface area contributed by atoms with Crippen molar-refractivity contribution >= 4 is 0 Å². The summed E-state index contributed by atoms with van der Waals surface area (Å²) in [5.74, 6) is 0.444. The fourth-order valence-electron chi connectivity index (χ4n) is 3.44. The van der Waals surface area contributed by atoms with Crippen LogP contribution in [0.15, 0.2) is 97.8 Å². The van der Waals surface area contributed by atoms with Gasteiger partial charge in [0.15, 0.2) is 0 Å². The van der Waals surface area contributed by atoms with Crippen LogP contribution in [0.2, 0.25) is 0 Å². The maximum atomic E-state index is 4.66. The summed E-state index contributed by atoms with van der Waals surface area (Å²) in [7, 11) is 0. The topological polar surface area (TPSA) is 12.9 Å². The van der Waals surface area contributed by atoms with Gasteiger partial charge < -0.3 is 0 Å². The van der Waals surface area contributed by atoms with E-state index in [-0.39, 0.29) is 5.41 Å². The molecule has 1 aromatic heterocycles. The van der Waals surface area contributed by atoms with E-state index in [9.17, 15) is 0 Å². The van der Waals surface area contributed by atoms with Crippen LogP contribution in [0, 0.1) is 5.92 Å². The van der Waals surface area contributed by atoms with Crippen molar-refractivity contribution in [3.63, 3.8) is 0 Å². The highest BCUT2D eigenvalue weighted by atomic mass is 14.7. The molecule has 1 heterocycles. The zero-order valence-corrected chi connectivity index (χ0v) is 18.0. The minimum atomic E-state index is -0.374. The number of pyridine rings is 1. The summed E-state index contributed by atoms with van der Waals surface area (Å²) in [5, 5.41) is 0. The van der Waals surface area contributed by atoms with E-state index in [0.29, 0.717) is 5.92 Å². The first-order valence-corrected chi connectivity index (χ1v) is 10.5. The van der Waals surface area contributed by atoms with Gasteiger partial charge in [-0.15, -0.1) is 6.58 Å². The first-order chi connectivity index (χ1) is 13.6. The van der Waals surface area contributed by atoms with Gasteiger partial charge in [-0.2, -0.15) is 0 Å². The van der Waals surface area contributed by atoms with Crippen molar-refractivity contribution in [1.29, 1.82) is 0 Å². The lowest BCUT2D eigenvalue weighted by Gasteiger charge is -2.28. The van der Waals surface area contributed by atoms with E-state index in [1.807, 2.05) is 36.6 Å². The van der Waals surface area contributed by atoms with E-state index in [1.165, 1.54) is 18.4 Å². The highest BCUT2D eigenvalue weighted by Crippen LogP contribution is 2.35. The van der Waals surface area contributed by atoms with Crippen LogP contribution in [0.25, 0.3) is 0 Å². The molecular weight excluding hydrogens is 338 g/mol. The number of nitrogens with zero attached hydrogens (tertiary/aromatic N) is 1. The first-order valence-electron chi connectivity index (χ1n) is 10.5. The lowest BCUT2D eigenvalue weighted by atomic mass is 9.76. The summed E-state index contributed by atoms with van der Waals surface area (Å²) >= 11 is 0. The van der Waals surface area contributed by atoms with Crippen LogP contribution in [0.5, 0.6) is 0 Å². The molecule has 0 fully saturated rings. The molecule has 1 rings (SSSR count). The third kappa shape index (κ3) is 6.64. The molecule has 0 bridgehead atoms. The lowest BCUT2D eigenvalue weighted by Crippen LogP contribution is -2.22. The molecule has 0 aliphatic heterocycles. The van der Waals surface area contributed by atoms with Crippen LogP contribution in [0.1, 0.15) is 58.6 Å². The van der Waals surface area contributed by atoms with Gasteiger partial charge in [-0.25, -0.2) is 0 Å². The molecule has 1 heteroatoms. The van der Waals surface area contributed by atoms with Crippen molar-refractivity contribution in [2.75, 3.05) is 0 Å². The number of hydrogen-bond acceptors (Lipinski definition) is 1. The monoisotopic (exact) mass is 375 g/mol. The Morgan fingerprint density at radius 3 is 2.50 bits per heavy atom. The van der Waals surface area contributed by atoms with Gasteiger partial charge in [0.05, 0.1) is 11.1 Å². The normalized spacial score (nSPS) is 15.8. The summed E-state index contributed by atoms with van der Waals surface area (Å²) in [4.78, 5) is 4.66. The minimum Gasteiger partial charge on any atom is -0.260 e. The highest BCUT2D eigenvalue weighted by molar-refractivity contribution is 5.47. The molecular formula is C27H37N. The highest BCUT2D eigenvalue weighted by Gasteiger charge is 2.28. The molecule has 1 nitrogen and oxygen atoms in total. The molecule has 0 saturated carbocycles. The van der Waals surface area contributed by atoms with Crippen molar-refractivity contribution in [2.45, 2.75) is 58.3 Å². The van der Waals surface area contributed by atoms with Gasteiger partial charge in [0.25, 0.3) is 0 Å². The molecule has 150 valence electrons. The molecule has 0 aromatic carbocycles. The molecule has 1 aromatic rings. The molecule has 0 N–H and O–H groups in total. The number of allylic oxidation sites excluding steroid dienone is 9. The summed E-state index contributed by atoms with van der Waals surface area (Å²) in [5.41, 5.74) is 3.05. The molecule has 0 aliphatic carbocycles. The van der Waals surface area contributed by atoms with Crippen molar-refractivity contribution < 1.29 is 0 Å². The van der Waals surface area contributed by atoms with Crippen LogP contribution in [0.3, 0.4) is 0 Å². The van der Waals surface area contributed by atoms with E-state index < -0.39 is 0 Å². The summed E-state index contributed by atoms with van der Waals surface area (Å²) < 4.78 is 0. The molecule has 0 saturated heterocycles. The SMILES string of the molecule is C=C/C=C(/C(C=C)=C/C(C=C)(C/C=C\CC)c1ccccn1)C(C)CCCC. The molecule has 0 spiro atoms. The quantitative estimate of drug-likeness (QED) is 0.252. The Hall–Kier alpha value is -2.41. The third-order valence-corrected chi connectivity index (χ3v) is 5.15. The molecule has 0 amide bonds. The number of hydrogen-bond donors (Lipinski definition) is 0. The Morgan fingerprint density at radius 1 is 1.18 bits per heavy atom. The number of aromatic nitrogens is 1. The largest absolute Gasteiger partial charge is 0.260 e. The van der Waals surface area contributed by atoms with Gasteiger partial charge in [0.1, 0.15) is 0 Å². The lowest BCUT2D eigenvalue weighted by molar-refractivity contribution is 0.575. The average molecular weight is 376 g/mol. The van der Waals surface area contributed by atoms with Crippen LogP contribution in [-0.4, -0.2) is 4.98 Å². The van der Waals surface area contributed by atoms with E-state index in [4.69, 9.17) is 0 Å². The maximum Gasteiger partial charge on any atom is 0.0544 e. The maximum absolute atomic E-state index is 4.66. The molecule has 0 aliphatic rings. The van der Waals surface area contributed by atoms with Gasteiger partial charge in [0.2, 0.25) is 0 Å². The predicted molar refractivity (Wildman–Crippen MR) is 125 cm³/mol. The first kappa shape index (κ1) is 23.6. The van der Waals surface area contributed by atoms with Gasteiger partial charge in [-0.3, -0.25) is 4.98 Å². The van der Waals surface area contributed by atoms with Gasteiger partial charge in [0, 0.05) is 6.20 Å². The second kappa shape index (κ2) is 12.9. The Kier molecular flexibility index (Phi) is 10.9. The van der Waals surface area contributed by atoms with Crippen molar-refractivity contribution in [3.05, 3.63) is 104 Å². The summed E-state index contributed by atoms with van der Waals surface area (Å²) in [6, 6.07) is 6.07. The van der Waals surface area contributed by atoms with Crippen molar-refractivity contribution in [1.82, 2.24) is 4.98 Å². The zero-order chi connectivity index (χ0) is 20.8. The zero-order valence-electron chi connectivity index (χ0n) is 18.0. The molecule has 2 unspecified atom stereocenters. The Morgan fingerprint density at radius 2 is 1.96 bits per heavy atom. The molecule has 2 atom stereocenters. The van der Waals surface area contributed by atoms with Crippen LogP contribution < -0.4 is 0 Å². The van der Waals surface area contributed by atoms with E-state index >= 15 is 0 Å². The number of rotatable bonds is 13. The van der Waals surface area contributed by atoms with Crippen molar-refractivity contribution in [2.24, 2.45) is 5.92 Å². The summed E-state index contributed by atoms with van der Waals surface area (Å²) in [6.07, 6.45) is 22.0. The van der Waals surface area contributed by atoms with Gasteiger partial charge >= 0.3 is 0 Å². The fourth-order valence-corrected chi connectivity index (χ4v) is 3.44. The fraction of sp³-hybridized carbons (Fsp3) is 0.370. The van der Waals surface area contributed by atoms with E-state index in [1.54, 1.807) is 0 Å². The average Bonchev–Trinajstić information content (AvgIpc) is 2.74. The molecule has 0 radical (unpaired) electrons. The second-order valence-electron chi connectivity index (χ2n) is 7.25. The van der Waals surface area contributed by atoms with Crippen molar-refractivity contribution in [3.8, 4) is 0 Å². The van der Waals surface area contributed by atoms with Gasteiger partial charge in [-0.05, 0) is 48.5 Å². The standard InChI is InChI=1S/C27H37N/c1-7-12-15-20-27(11-5,26-19-14-16-21-28-26)22-24(10-4)25(17-9-3)23(6)18-13-8-2/h9-12,14-17,19,21-23H,3-5,7-8,13,18,20H2,1-2,6H3/b15-12-,24-22+,25-17+.